The Morgan fingerprint density at radius 3 is 0.840 bits per heavy atom. The van der Waals surface area contributed by atoms with Gasteiger partial charge in [-0.15, -0.1) is 0 Å². The van der Waals surface area contributed by atoms with E-state index in [1.54, 1.807) is 0 Å². The zero-order chi connectivity index (χ0) is 36.3. The van der Waals surface area contributed by atoms with Crippen molar-refractivity contribution in [1.82, 2.24) is 0 Å². The maximum atomic E-state index is 6.32. The van der Waals surface area contributed by atoms with Crippen LogP contribution in [0.3, 0.4) is 0 Å². The molecule has 0 heterocycles. The molecule has 0 fully saturated rings. The van der Waals surface area contributed by atoms with Gasteiger partial charge in [0, 0.05) is 113 Å². The maximum Gasteiger partial charge on any atom is 0.0637 e. The summed E-state index contributed by atoms with van der Waals surface area (Å²) in [7, 11) is 0. The molecule has 0 aliphatic carbocycles. The number of ether oxygens (including phenoxy) is 4. The molecular formula is C34H70O4S12. The number of hydrogen-bond acceptors (Lipinski definition) is 16. The normalized spacial score (nSPS) is 12.0. The highest BCUT2D eigenvalue weighted by atomic mass is 32.2. The summed E-state index contributed by atoms with van der Waals surface area (Å²) in [6.45, 7) is 7.55. The Hall–Kier alpha value is 4.04. The second kappa shape index (κ2) is 47.4. The molecule has 0 amide bonds. The van der Waals surface area contributed by atoms with Gasteiger partial charge in [-0.05, 0) is 60.7 Å². The molecule has 16 heteroatoms. The molecule has 0 atom stereocenters. The highest BCUT2D eigenvalue weighted by Crippen LogP contribution is 2.22. The molecule has 0 aliphatic heterocycles. The van der Waals surface area contributed by atoms with Crippen LogP contribution in [0, 0.1) is 5.41 Å². The van der Waals surface area contributed by atoms with E-state index in [-0.39, 0.29) is 5.41 Å². The van der Waals surface area contributed by atoms with Crippen molar-refractivity contribution in [2.45, 2.75) is 26.2 Å². The molecule has 0 aromatic carbocycles. The molecule has 50 heavy (non-hydrogen) atoms. The molecule has 0 saturated heterocycles. The summed E-state index contributed by atoms with van der Waals surface area (Å²) in [6, 6.07) is 0. The summed E-state index contributed by atoms with van der Waals surface area (Å²) in [6.07, 6.45) is 3.23. The summed E-state index contributed by atoms with van der Waals surface area (Å²) in [4.78, 5) is 0. The smallest absolute Gasteiger partial charge is 0.0637 e. The van der Waals surface area contributed by atoms with Crippen LogP contribution in [0.5, 0.6) is 0 Å². The molecule has 0 saturated carbocycles. The molecule has 0 bridgehead atoms. The molecule has 0 aliphatic rings. The Labute approximate surface area is 364 Å². The van der Waals surface area contributed by atoms with Crippen LogP contribution < -0.4 is 0 Å². The molecule has 0 unspecified atom stereocenters. The van der Waals surface area contributed by atoms with Crippen molar-refractivity contribution < 1.29 is 18.9 Å². The summed E-state index contributed by atoms with van der Waals surface area (Å²) >= 11 is 31.2. The SMILES string of the molecule is CCOCC(COCCCSCCSCCSCCS)(COCCCSCCSCCSCCS)COCCCSCCSCCSCCS. The van der Waals surface area contributed by atoms with Gasteiger partial charge >= 0.3 is 0 Å². The number of hydrogen-bond donors (Lipinski definition) is 3. The maximum absolute atomic E-state index is 6.32. The minimum absolute atomic E-state index is 0.270. The summed E-state index contributed by atoms with van der Waals surface area (Å²) in [5.74, 6) is 24.7. The lowest BCUT2D eigenvalue weighted by Crippen LogP contribution is -2.42. The van der Waals surface area contributed by atoms with Gasteiger partial charge in [0.25, 0.3) is 0 Å². The van der Waals surface area contributed by atoms with Crippen LogP contribution in [0.25, 0.3) is 0 Å². The van der Waals surface area contributed by atoms with Gasteiger partial charge in [-0.2, -0.15) is 144 Å². The minimum atomic E-state index is -0.270. The van der Waals surface area contributed by atoms with Crippen LogP contribution in [-0.2, 0) is 18.9 Å². The van der Waals surface area contributed by atoms with Gasteiger partial charge in [-0.1, -0.05) is 0 Å². The first-order chi connectivity index (χ1) is 24.7. The fraction of sp³-hybridized carbons (Fsp3) is 1.00. The summed E-state index contributed by atoms with van der Waals surface area (Å²) < 4.78 is 25.0. The Balaban J connectivity index is 4.43. The van der Waals surface area contributed by atoms with Gasteiger partial charge in [-0.3, -0.25) is 0 Å². The van der Waals surface area contributed by atoms with E-state index in [0.29, 0.717) is 33.0 Å². The zero-order valence-corrected chi connectivity index (χ0v) is 40.8. The van der Waals surface area contributed by atoms with Crippen molar-refractivity contribution in [3.05, 3.63) is 0 Å². The van der Waals surface area contributed by atoms with Crippen molar-refractivity contribution in [3.8, 4) is 0 Å². The van der Waals surface area contributed by atoms with Crippen molar-refractivity contribution in [1.29, 1.82) is 0 Å². The van der Waals surface area contributed by atoms with E-state index in [2.05, 4.69) is 80.1 Å². The van der Waals surface area contributed by atoms with Crippen molar-refractivity contribution in [2.75, 3.05) is 174 Å². The second-order valence-electron chi connectivity index (χ2n) is 11.0. The average molecular weight is 928 g/mol. The van der Waals surface area contributed by atoms with Crippen molar-refractivity contribution in [3.63, 3.8) is 0 Å². The first kappa shape index (κ1) is 54.0. The monoisotopic (exact) mass is 926 g/mol. The van der Waals surface area contributed by atoms with Gasteiger partial charge in [0.2, 0.25) is 0 Å². The van der Waals surface area contributed by atoms with Crippen LogP contribution in [0.2, 0.25) is 0 Å². The lowest BCUT2D eigenvalue weighted by atomic mass is 9.92. The minimum Gasteiger partial charge on any atom is -0.381 e. The molecule has 0 rings (SSSR count). The summed E-state index contributed by atoms with van der Waals surface area (Å²) in [5, 5.41) is 0. The van der Waals surface area contributed by atoms with E-state index in [4.69, 9.17) is 18.9 Å². The molecule has 0 radical (unpaired) electrons. The standard InChI is InChI=1S/C34H70O4S12/c1-2-35-30-34(31-36-6-3-12-42-18-24-48-27-21-45-15-9-39,32-37-7-4-13-43-19-25-49-28-22-46-16-10-40)33-38-8-5-14-44-20-26-50-29-23-47-17-11-41/h39-41H,2-33H2,1H3. The van der Waals surface area contributed by atoms with Crippen LogP contribution in [0.4, 0.5) is 0 Å². The van der Waals surface area contributed by atoms with Crippen molar-refractivity contribution >= 4 is 144 Å². The molecule has 0 aromatic heterocycles. The van der Waals surface area contributed by atoms with Crippen LogP contribution in [0.1, 0.15) is 26.2 Å². The third-order valence-corrected chi connectivity index (χ3v) is 18.8. The third-order valence-electron chi connectivity index (χ3n) is 6.51. The predicted molar refractivity (Wildman–Crippen MR) is 263 cm³/mol. The highest BCUT2D eigenvalue weighted by molar-refractivity contribution is 8.05. The Morgan fingerprint density at radius 2 is 0.580 bits per heavy atom. The molecule has 4 nitrogen and oxygen atoms in total. The topological polar surface area (TPSA) is 36.9 Å². The highest BCUT2D eigenvalue weighted by Gasteiger charge is 2.32. The molecule has 302 valence electrons. The molecule has 0 spiro atoms. The largest absolute Gasteiger partial charge is 0.381 e. The first-order valence-electron chi connectivity index (χ1n) is 18.1. The van der Waals surface area contributed by atoms with Crippen LogP contribution in [0.15, 0.2) is 0 Å². The zero-order valence-electron chi connectivity index (χ0n) is 30.8. The summed E-state index contributed by atoms with van der Waals surface area (Å²) in [5.41, 5.74) is -0.270. The Morgan fingerprint density at radius 1 is 0.340 bits per heavy atom. The van der Waals surface area contributed by atoms with E-state index in [1.807, 2.05) is 70.6 Å². The fourth-order valence-corrected chi connectivity index (χ4v) is 14.1. The lowest BCUT2D eigenvalue weighted by Gasteiger charge is -2.33. The number of thioether (sulfide) groups is 9. The first-order valence-corrected chi connectivity index (χ1v) is 30.4. The fourth-order valence-electron chi connectivity index (χ4n) is 4.04. The van der Waals surface area contributed by atoms with Gasteiger partial charge in [0.05, 0.1) is 31.8 Å². The average Bonchev–Trinajstić information content (AvgIpc) is 3.13. The molecular weight excluding hydrogens is 857 g/mol. The molecule has 0 N–H and O–H groups in total. The van der Waals surface area contributed by atoms with E-state index < -0.39 is 0 Å². The Bertz CT molecular complexity index is 561. The van der Waals surface area contributed by atoms with Crippen molar-refractivity contribution in [2.24, 2.45) is 5.41 Å². The second-order valence-corrected chi connectivity index (χ2v) is 23.4. The number of rotatable bonds is 45. The molecule has 0 aromatic rings. The van der Waals surface area contributed by atoms with Gasteiger partial charge < -0.3 is 18.9 Å². The van der Waals surface area contributed by atoms with E-state index in [0.717, 1.165) is 90.9 Å². The number of thiol groups is 3. The predicted octanol–water partition coefficient (Wildman–Crippen LogP) is 9.62. The van der Waals surface area contributed by atoms with E-state index >= 15 is 0 Å². The van der Waals surface area contributed by atoms with E-state index in [9.17, 15) is 0 Å². The van der Waals surface area contributed by atoms with Gasteiger partial charge in [0.1, 0.15) is 0 Å². The Kier molecular flexibility index (Phi) is 51.2. The van der Waals surface area contributed by atoms with E-state index in [1.165, 1.54) is 69.0 Å². The lowest BCUT2D eigenvalue weighted by molar-refractivity contribution is -0.105. The van der Waals surface area contributed by atoms with Crippen LogP contribution in [-0.4, -0.2) is 174 Å². The van der Waals surface area contributed by atoms with Gasteiger partial charge in [0.15, 0.2) is 0 Å². The quantitative estimate of drug-likeness (QED) is 0.0402. The van der Waals surface area contributed by atoms with Gasteiger partial charge in [-0.25, -0.2) is 0 Å². The van der Waals surface area contributed by atoms with Crippen LogP contribution >= 0.6 is 144 Å². The third kappa shape index (κ3) is 41.7.